The van der Waals surface area contributed by atoms with Gasteiger partial charge in [-0.2, -0.15) is 5.10 Å². The van der Waals surface area contributed by atoms with E-state index in [1.165, 1.54) is 0 Å². The van der Waals surface area contributed by atoms with Crippen molar-refractivity contribution in [2.24, 2.45) is 0 Å². The average molecular weight is 366 g/mol. The fourth-order valence-corrected chi connectivity index (χ4v) is 2.62. The second-order valence-corrected chi connectivity index (χ2v) is 6.06. The highest BCUT2D eigenvalue weighted by Crippen LogP contribution is 2.25. The Morgan fingerprint density at radius 3 is 2.75 bits per heavy atom. The summed E-state index contributed by atoms with van der Waals surface area (Å²) in [5, 5.41) is 5.59. The fraction of sp³-hybridized carbons (Fsp3) is 0.312. The Bertz CT molecular complexity index is 801. The largest absolute Gasteiger partial charge is 0.384 e. The number of rotatable bonds is 7. The molecule has 0 aliphatic heterocycles. The van der Waals surface area contributed by atoms with Crippen molar-refractivity contribution in [2.45, 2.75) is 19.4 Å². The van der Waals surface area contributed by atoms with E-state index in [9.17, 15) is 0 Å². The molecule has 126 valence electrons. The molecule has 2 aromatic heterocycles. The predicted molar refractivity (Wildman–Crippen MR) is 92.9 cm³/mol. The molecule has 0 spiro atoms. The van der Waals surface area contributed by atoms with Crippen molar-refractivity contribution >= 4 is 23.2 Å². The van der Waals surface area contributed by atoms with Gasteiger partial charge in [-0.15, -0.1) is 0 Å². The second kappa shape index (κ2) is 7.79. The van der Waals surface area contributed by atoms with Crippen molar-refractivity contribution in [1.82, 2.24) is 24.3 Å². The Morgan fingerprint density at radius 1 is 1.17 bits per heavy atom. The SMILES string of the molecule is COCCc1nc(CCn2ccnc2)n(-c2ccc(Cl)c(Cl)c2)n1. The van der Waals surface area contributed by atoms with Gasteiger partial charge in [0.05, 0.1) is 28.7 Å². The molecule has 0 saturated heterocycles. The number of ether oxygens (including phenoxy) is 1. The molecule has 0 bridgehead atoms. The molecule has 0 fully saturated rings. The maximum absolute atomic E-state index is 6.14. The molecule has 1 aromatic carbocycles. The number of aryl methyl sites for hydroxylation is 2. The van der Waals surface area contributed by atoms with Crippen LogP contribution in [0.25, 0.3) is 5.69 Å². The molecule has 6 nitrogen and oxygen atoms in total. The molecule has 0 amide bonds. The maximum Gasteiger partial charge on any atom is 0.153 e. The molecule has 3 rings (SSSR count). The van der Waals surface area contributed by atoms with E-state index in [0.717, 1.165) is 30.3 Å². The summed E-state index contributed by atoms with van der Waals surface area (Å²) in [6, 6.07) is 5.43. The van der Waals surface area contributed by atoms with Crippen molar-refractivity contribution < 1.29 is 4.74 Å². The predicted octanol–water partition coefficient (Wildman–Crippen LogP) is 3.20. The van der Waals surface area contributed by atoms with Crippen molar-refractivity contribution in [1.29, 1.82) is 0 Å². The summed E-state index contributed by atoms with van der Waals surface area (Å²) in [6.45, 7) is 1.34. The van der Waals surface area contributed by atoms with Gasteiger partial charge in [0, 0.05) is 38.9 Å². The fourth-order valence-electron chi connectivity index (χ4n) is 2.32. The lowest BCUT2D eigenvalue weighted by Gasteiger charge is -2.07. The first-order valence-corrected chi connectivity index (χ1v) is 8.28. The molecular formula is C16H17Cl2N5O. The van der Waals surface area contributed by atoms with E-state index in [1.807, 2.05) is 21.5 Å². The lowest BCUT2D eigenvalue weighted by Crippen LogP contribution is -2.07. The third-order valence-electron chi connectivity index (χ3n) is 3.55. The zero-order valence-corrected chi connectivity index (χ0v) is 14.7. The number of nitrogens with zero attached hydrogens (tertiary/aromatic N) is 5. The average Bonchev–Trinajstić information content (AvgIpc) is 3.23. The van der Waals surface area contributed by atoms with Crippen molar-refractivity contribution in [3.05, 3.63) is 58.6 Å². The van der Waals surface area contributed by atoms with Gasteiger partial charge >= 0.3 is 0 Å². The van der Waals surface area contributed by atoms with Gasteiger partial charge in [-0.25, -0.2) is 14.6 Å². The first-order chi connectivity index (χ1) is 11.7. The van der Waals surface area contributed by atoms with Gasteiger partial charge in [-0.3, -0.25) is 0 Å². The van der Waals surface area contributed by atoms with E-state index in [0.29, 0.717) is 23.1 Å². The third kappa shape index (κ3) is 3.95. The summed E-state index contributed by atoms with van der Waals surface area (Å²) in [5.41, 5.74) is 0.834. The molecule has 8 heteroatoms. The minimum atomic E-state index is 0.490. The van der Waals surface area contributed by atoms with Crippen LogP contribution in [0, 0.1) is 0 Å². The highest BCUT2D eigenvalue weighted by Gasteiger charge is 2.13. The lowest BCUT2D eigenvalue weighted by molar-refractivity contribution is 0.200. The van der Waals surface area contributed by atoms with E-state index < -0.39 is 0 Å². The minimum absolute atomic E-state index is 0.490. The maximum atomic E-state index is 6.14. The van der Waals surface area contributed by atoms with Crippen molar-refractivity contribution in [2.75, 3.05) is 13.7 Å². The van der Waals surface area contributed by atoms with Gasteiger partial charge in [0.2, 0.25) is 0 Å². The molecule has 0 N–H and O–H groups in total. The van der Waals surface area contributed by atoms with Crippen LogP contribution in [0.2, 0.25) is 10.0 Å². The van der Waals surface area contributed by atoms with E-state index >= 15 is 0 Å². The monoisotopic (exact) mass is 365 g/mol. The second-order valence-electron chi connectivity index (χ2n) is 5.25. The Kier molecular flexibility index (Phi) is 5.50. The molecule has 2 heterocycles. The molecule has 0 unspecified atom stereocenters. The summed E-state index contributed by atoms with van der Waals surface area (Å²) in [5.74, 6) is 1.59. The number of imidazole rings is 1. The first kappa shape index (κ1) is 17.0. The lowest BCUT2D eigenvalue weighted by atomic mass is 10.3. The van der Waals surface area contributed by atoms with Gasteiger partial charge < -0.3 is 9.30 Å². The van der Waals surface area contributed by atoms with E-state index in [2.05, 4.69) is 15.1 Å². The van der Waals surface area contributed by atoms with Gasteiger partial charge in [0.1, 0.15) is 5.82 Å². The van der Waals surface area contributed by atoms with E-state index in [-0.39, 0.29) is 0 Å². The Balaban J connectivity index is 1.89. The van der Waals surface area contributed by atoms with Crippen molar-refractivity contribution in [3.63, 3.8) is 0 Å². The van der Waals surface area contributed by atoms with Crippen LogP contribution in [0.5, 0.6) is 0 Å². The van der Waals surface area contributed by atoms with Gasteiger partial charge in [-0.1, -0.05) is 23.2 Å². The number of methoxy groups -OCH3 is 1. The van der Waals surface area contributed by atoms with Gasteiger partial charge in [0.25, 0.3) is 0 Å². The highest BCUT2D eigenvalue weighted by atomic mass is 35.5. The summed E-state index contributed by atoms with van der Waals surface area (Å²) in [4.78, 5) is 8.69. The number of benzene rings is 1. The number of halogens is 2. The summed E-state index contributed by atoms with van der Waals surface area (Å²) >= 11 is 12.1. The smallest absolute Gasteiger partial charge is 0.153 e. The van der Waals surface area contributed by atoms with Crippen LogP contribution in [0.15, 0.2) is 36.9 Å². The minimum Gasteiger partial charge on any atom is -0.384 e. The Hall–Kier alpha value is -1.89. The van der Waals surface area contributed by atoms with Crippen LogP contribution in [-0.2, 0) is 24.1 Å². The van der Waals surface area contributed by atoms with Crippen LogP contribution in [0.3, 0.4) is 0 Å². The van der Waals surface area contributed by atoms with Crippen LogP contribution in [0.1, 0.15) is 11.6 Å². The zero-order chi connectivity index (χ0) is 16.9. The highest BCUT2D eigenvalue weighted by molar-refractivity contribution is 6.42. The van der Waals surface area contributed by atoms with Crippen LogP contribution in [0.4, 0.5) is 0 Å². The summed E-state index contributed by atoms with van der Waals surface area (Å²) < 4.78 is 8.93. The topological polar surface area (TPSA) is 57.8 Å². The molecule has 24 heavy (non-hydrogen) atoms. The van der Waals surface area contributed by atoms with Crippen LogP contribution in [-0.4, -0.2) is 38.0 Å². The third-order valence-corrected chi connectivity index (χ3v) is 4.29. The molecule has 0 aliphatic carbocycles. The van der Waals surface area contributed by atoms with Gasteiger partial charge in [0.15, 0.2) is 5.82 Å². The van der Waals surface area contributed by atoms with Gasteiger partial charge in [-0.05, 0) is 18.2 Å². The quantitative estimate of drug-likeness (QED) is 0.644. The molecule has 0 saturated carbocycles. The number of aromatic nitrogens is 5. The van der Waals surface area contributed by atoms with E-state index in [1.54, 1.807) is 31.8 Å². The van der Waals surface area contributed by atoms with Crippen LogP contribution < -0.4 is 0 Å². The normalized spacial score (nSPS) is 11.1. The number of hydrogen-bond donors (Lipinski definition) is 0. The first-order valence-electron chi connectivity index (χ1n) is 7.52. The Morgan fingerprint density at radius 2 is 2.04 bits per heavy atom. The molecule has 0 aliphatic rings. The standard InChI is InChI=1S/C16H17Cl2N5O/c1-24-9-5-15-20-16(4-7-22-8-6-19-11-22)23(21-15)12-2-3-13(17)14(18)10-12/h2-3,6,8,10-11H,4-5,7,9H2,1H3. The van der Waals surface area contributed by atoms with E-state index in [4.69, 9.17) is 27.9 Å². The zero-order valence-electron chi connectivity index (χ0n) is 13.2. The molecule has 0 atom stereocenters. The summed E-state index contributed by atoms with van der Waals surface area (Å²) in [6.07, 6.45) is 6.84. The number of hydrogen-bond acceptors (Lipinski definition) is 4. The van der Waals surface area contributed by atoms with Crippen molar-refractivity contribution in [3.8, 4) is 5.69 Å². The summed E-state index contributed by atoms with van der Waals surface area (Å²) in [7, 11) is 1.66. The Labute approximate surface area is 150 Å². The van der Waals surface area contributed by atoms with Crippen LogP contribution >= 0.6 is 23.2 Å². The molecule has 3 aromatic rings. The molecular weight excluding hydrogens is 349 g/mol. The molecule has 0 radical (unpaired) electrons.